The van der Waals surface area contributed by atoms with E-state index in [0.29, 0.717) is 26.2 Å². The Labute approximate surface area is 154 Å². The zero-order valence-electron chi connectivity index (χ0n) is 16.1. The van der Waals surface area contributed by atoms with Gasteiger partial charge in [0, 0.05) is 13.0 Å². The van der Waals surface area contributed by atoms with Crippen LogP contribution >= 0.6 is 0 Å². The SMILES string of the molecule is CC(C)(CCCCOC(C)(C)CC1COC(=O)O1)OCC1COC(=O)O1. The Morgan fingerprint density at radius 2 is 1.50 bits per heavy atom. The van der Waals surface area contributed by atoms with Crippen molar-refractivity contribution >= 4 is 12.3 Å². The highest BCUT2D eigenvalue weighted by Gasteiger charge is 2.32. The molecule has 2 unspecified atom stereocenters. The average Bonchev–Trinajstić information content (AvgIpc) is 3.13. The standard InChI is InChI=1S/C18H30O8/c1-17(2,24-12-14-11-22-16(20)26-14)7-5-6-8-23-18(3,4)9-13-10-21-15(19)25-13/h13-14H,5-12H2,1-4H3. The number of hydrogen-bond donors (Lipinski definition) is 0. The van der Waals surface area contributed by atoms with Gasteiger partial charge in [-0.3, -0.25) is 0 Å². The fourth-order valence-corrected chi connectivity index (χ4v) is 2.91. The van der Waals surface area contributed by atoms with E-state index in [1.165, 1.54) is 0 Å². The fraction of sp³-hybridized carbons (Fsp3) is 0.889. The second kappa shape index (κ2) is 8.90. The molecule has 0 aromatic carbocycles. The molecule has 26 heavy (non-hydrogen) atoms. The Morgan fingerprint density at radius 1 is 0.885 bits per heavy atom. The van der Waals surface area contributed by atoms with Gasteiger partial charge in [-0.2, -0.15) is 0 Å². The minimum atomic E-state index is -0.630. The largest absolute Gasteiger partial charge is 0.508 e. The third-order valence-corrected chi connectivity index (χ3v) is 4.35. The maximum atomic E-state index is 11.0. The van der Waals surface area contributed by atoms with Crippen LogP contribution in [-0.2, 0) is 28.4 Å². The zero-order valence-corrected chi connectivity index (χ0v) is 16.1. The van der Waals surface area contributed by atoms with Crippen LogP contribution in [0.1, 0.15) is 53.4 Å². The van der Waals surface area contributed by atoms with E-state index in [0.717, 1.165) is 19.3 Å². The molecule has 2 rings (SSSR count). The number of rotatable bonds is 11. The number of ether oxygens (including phenoxy) is 6. The molecule has 150 valence electrons. The van der Waals surface area contributed by atoms with Gasteiger partial charge in [-0.1, -0.05) is 0 Å². The van der Waals surface area contributed by atoms with E-state index in [2.05, 4.69) is 0 Å². The molecule has 2 atom stereocenters. The van der Waals surface area contributed by atoms with E-state index in [-0.39, 0.29) is 30.0 Å². The van der Waals surface area contributed by atoms with Crippen molar-refractivity contribution in [1.82, 2.24) is 0 Å². The highest BCUT2D eigenvalue weighted by atomic mass is 16.8. The Hall–Kier alpha value is -1.54. The first kappa shape index (κ1) is 20.8. The summed E-state index contributed by atoms with van der Waals surface area (Å²) < 4.78 is 31.3. The topological polar surface area (TPSA) is 89.5 Å². The van der Waals surface area contributed by atoms with Crippen molar-refractivity contribution < 1.29 is 38.0 Å². The van der Waals surface area contributed by atoms with Crippen LogP contribution in [0, 0.1) is 0 Å². The Kier molecular flexibility index (Phi) is 7.11. The monoisotopic (exact) mass is 374 g/mol. The summed E-state index contributed by atoms with van der Waals surface area (Å²) in [6.07, 6.45) is 1.53. The van der Waals surface area contributed by atoms with Crippen molar-refractivity contribution in [3.63, 3.8) is 0 Å². The predicted octanol–water partition coefficient (Wildman–Crippen LogP) is 3.21. The molecule has 8 nitrogen and oxygen atoms in total. The highest BCUT2D eigenvalue weighted by molar-refractivity contribution is 5.62. The summed E-state index contributed by atoms with van der Waals surface area (Å²) >= 11 is 0. The van der Waals surface area contributed by atoms with Gasteiger partial charge in [-0.15, -0.1) is 0 Å². The maximum Gasteiger partial charge on any atom is 0.508 e. The third-order valence-electron chi connectivity index (χ3n) is 4.35. The summed E-state index contributed by atoms with van der Waals surface area (Å²) in [6.45, 7) is 9.50. The fourth-order valence-electron chi connectivity index (χ4n) is 2.91. The van der Waals surface area contributed by atoms with Crippen LogP contribution in [0.3, 0.4) is 0 Å². The number of carbonyl (C=O) groups excluding carboxylic acids is 2. The molecule has 0 saturated carbocycles. The highest BCUT2D eigenvalue weighted by Crippen LogP contribution is 2.24. The Bertz CT molecular complexity index is 488. The van der Waals surface area contributed by atoms with E-state index in [1.54, 1.807) is 0 Å². The molecule has 2 aliphatic heterocycles. The molecule has 8 heteroatoms. The Balaban J connectivity index is 1.55. The van der Waals surface area contributed by atoms with Crippen molar-refractivity contribution in [1.29, 1.82) is 0 Å². The summed E-state index contributed by atoms with van der Waals surface area (Å²) in [6, 6.07) is 0. The minimum absolute atomic E-state index is 0.237. The molecule has 0 spiro atoms. The number of carbonyl (C=O) groups is 2. The van der Waals surface area contributed by atoms with Gasteiger partial charge >= 0.3 is 12.3 Å². The van der Waals surface area contributed by atoms with E-state index in [9.17, 15) is 9.59 Å². The third kappa shape index (κ3) is 7.37. The average molecular weight is 374 g/mol. The van der Waals surface area contributed by atoms with Crippen molar-refractivity contribution in [3.8, 4) is 0 Å². The number of cyclic esters (lactones) is 4. The van der Waals surface area contributed by atoms with E-state index in [4.69, 9.17) is 28.4 Å². The van der Waals surface area contributed by atoms with Crippen molar-refractivity contribution in [2.45, 2.75) is 76.8 Å². The molecule has 2 heterocycles. The lowest BCUT2D eigenvalue weighted by Gasteiger charge is -2.28. The van der Waals surface area contributed by atoms with Crippen LogP contribution in [0.5, 0.6) is 0 Å². The van der Waals surface area contributed by atoms with Crippen molar-refractivity contribution in [2.24, 2.45) is 0 Å². The van der Waals surface area contributed by atoms with Gasteiger partial charge in [0.05, 0.1) is 17.8 Å². The lowest BCUT2D eigenvalue weighted by atomic mass is 10.00. The van der Waals surface area contributed by atoms with Gasteiger partial charge in [-0.25, -0.2) is 9.59 Å². The lowest BCUT2D eigenvalue weighted by Crippen LogP contribution is -2.32. The van der Waals surface area contributed by atoms with Crippen LogP contribution < -0.4 is 0 Å². The molecular formula is C18H30O8. The van der Waals surface area contributed by atoms with Crippen LogP contribution in [0.15, 0.2) is 0 Å². The Morgan fingerprint density at radius 3 is 2.08 bits per heavy atom. The molecule has 0 aliphatic carbocycles. The van der Waals surface area contributed by atoms with Gasteiger partial charge in [0.15, 0.2) is 6.10 Å². The maximum absolute atomic E-state index is 11.0. The summed E-state index contributed by atoms with van der Waals surface area (Å²) in [7, 11) is 0. The minimum Gasteiger partial charge on any atom is -0.430 e. The smallest absolute Gasteiger partial charge is 0.430 e. The van der Waals surface area contributed by atoms with E-state index >= 15 is 0 Å². The molecule has 2 saturated heterocycles. The van der Waals surface area contributed by atoms with Gasteiger partial charge in [0.1, 0.15) is 19.3 Å². The van der Waals surface area contributed by atoms with Gasteiger partial charge in [0.2, 0.25) is 0 Å². The van der Waals surface area contributed by atoms with Gasteiger partial charge < -0.3 is 28.4 Å². The molecule has 0 aromatic heterocycles. The van der Waals surface area contributed by atoms with Crippen LogP contribution in [0.25, 0.3) is 0 Å². The lowest BCUT2D eigenvalue weighted by molar-refractivity contribution is -0.0635. The summed E-state index contributed by atoms with van der Waals surface area (Å²) in [4.78, 5) is 21.8. The first-order chi connectivity index (χ1) is 12.2. The van der Waals surface area contributed by atoms with Gasteiger partial charge in [0.25, 0.3) is 0 Å². The predicted molar refractivity (Wildman–Crippen MR) is 91.0 cm³/mol. The van der Waals surface area contributed by atoms with Crippen LogP contribution in [0.2, 0.25) is 0 Å². The molecule has 0 amide bonds. The van der Waals surface area contributed by atoms with E-state index < -0.39 is 12.3 Å². The molecule has 2 fully saturated rings. The molecule has 0 N–H and O–H groups in total. The quantitative estimate of drug-likeness (QED) is 0.402. The van der Waals surface area contributed by atoms with Crippen molar-refractivity contribution in [3.05, 3.63) is 0 Å². The molecule has 0 aromatic rings. The number of hydrogen-bond acceptors (Lipinski definition) is 8. The molecule has 0 bridgehead atoms. The van der Waals surface area contributed by atoms with E-state index in [1.807, 2.05) is 27.7 Å². The molecule has 2 aliphatic rings. The molecule has 0 radical (unpaired) electrons. The summed E-state index contributed by atoms with van der Waals surface area (Å²) in [5.41, 5.74) is -0.684. The zero-order chi connectivity index (χ0) is 19.2. The first-order valence-electron chi connectivity index (χ1n) is 9.10. The van der Waals surface area contributed by atoms with Crippen LogP contribution in [-0.4, -0.2) is 62.1 Å². The second-order valence-electron chi connectivity index (χ2n) is 7.94. The second-order valence-corrected chi connectivity index (χ2v) is 7.94. The summed E-state index contributed by atoms with van der Waals surface area (Å²) in [5, 5.41) is 0. The summed E-state index contributed by atoms with van der Waals surface area (Å²) in [5.74, 6) is 0. The molecular weight excluding hydrogens is 344 g/mol. The van der Waals surface area contributed by atoms with Crippen molar-refractivity contribution in [2.75, 3.05) is 26.4 Å². The first-order valence-corrected chi connectivity index (χ1v) is 9.10. The van der Waals surface area contributed by atoms with Crippen LogP contribution in [0.4, 0.5) is 9.59 Å². The van der Waals surface area contributed by atoms with Gasteiger partial charge in [-0.05, 0) is 47.0 Å². The number of unbranched alkanes of at least 4 members (excludes halogenated alkanes) is 1. The normalized spacial score (nSPS) is 23.4.